The smallest absolute Gasteiger partial charge is 0.239 e. The predicted octanol–water partition coefficient (Wildman–Crippen LogP) is -0.495. The van der Waals surface area contributed by atoms with Crippen molar-refractivity contribution in [3.05, 3.63) is 0 Å². The van der Waals surface area contributed by atoms with Crippen LogP contribution < -0.4 is 5.32 Å². The molecule has 2 aliphatic rings. The Morgan fingerprint density at radius 3 is 2.71 bits per heavy atom. The lowest BCUT2D eigenvalue weighted by molar-refractivity contribution is -0.137. The Labute approximate surface area is 89.4 Å². The van der Waals surface area contributed by atoms with Gasteiger partial charge in [0.2, 0.25) is 5.91 Å². The number of hydrogen-bond acceptors (Lipinski definition) is 4. The van der Waals surface area contributed by atoms with Crippen LogP contribution in [0.15, 0.2) is 0 Å². The van der Waals surface area contributed by atoms with Crippen molar-refractivity contribution in [3.8, 4) is 0 Å². The lowest BCUT2D eigenvalue weighted by Gasteiger charge is -2.29. The van der Waals surface area contributed by atoms with Gasteiger partial charge < -0.3 is 15.0 Å². The topological polar surface area (TPSA) is 41.6 Å². The minimum absolute atomic E-state index is 0.0180. The van der Waals surface area contributed by atoms with Gasteiger partial charge in [0.25, 0.3) is 0 Å². The van der Waals surface area contributed by atoms with Crippen LogP contribution in [0, 0.1) is 0 Å². The van der Waals surface area contributed by atoms with Gasteiger partial charge >= 0.3 is 0 Å². The molecule has 0 aromatic heterocycles. The van der Waals surface area contributed by atoms with E-state index in [1.54, 1.807) is 0 Å². The molecule has 0 radical (unpaired) electrons. The standard InChI is InChI=1S/C9H16N2O2S/c12-9(8-5-7(14)6-10-8)11-1-3-13-4-2-11/h7-8,10,14H,1-6H2. The van der Waals surface area contributed by atoms with Gasteiger partial charge in [0.1, 0.15) is 0 Å². The molecule has 0 spiro atoms. The van der Waals surface area contributed by atoms with Crippen molar-refractivity contribution in [2.45, 2.75) is 17.7 Å². The molecule has 1 N–H and O–H groups in total. The predicted molar refractivity (Wildman–Crippen MR) is 56.6 cm³/mol. The summed E-state index contributed by atoms with van der Waals surface area (Å²) in [6.45, 7) is 3.64. The summed E-state index contributed by atoms with van der Waals surface area (Å²) in [6.07, 6.45) is 0.847. The Balaban J connectivity index is 1.87. The number of carbonyl (C=O) groups excluding carboxylic acids is 1. The molecule has 4 nitrogen and oxygen atoms in total. The largest absolute Gasteiger partial charge is 0.378 e. The molecule has 0 bridgehead atoms. The number of ether oxygens (including phenoxy) is 1. The van der Waals surface area contributed by atoms with E-state index in [0.29, 0.717) is 18.5 Å². The van der Waals surface area contributed by atoms with Crippen LogP contribution in [0.1, 0.15) is 6.42 Å². The summed E-state index contributed by atoms with van der Waals surface area (Å²) in [5.74, 6) is 0.213. The van der Waals surface area contributed by atoms with Gasteiger partial charge in [-0.3, -0.25) is 4.79 Å². The minimum atomic E-state index is -0.0180. The number of hydrogen-bond donors (Lipinski definition) is 2. The van der Waals surface area contributed by atoms with E-state index in [1.165, 1.54) is 0 Å². The lowest BCUT2D eigenvalue weighted by Crippen LogP contribution is -2.48. The van der Waals surface area contributed by atoms with E-state index >= 15 is 0 Å². The summed E-state index contributed by atoms with van der Waals surface area (Å²) < 4.78 is 5.20. The summed E-state index contributed by atoms with van der Waals surface area (Å²) in [7, 11) is 0. The first-order valence-corrected chi connectivity index (χ1v) is 5.57. The van der Waals surface area contributed by atoms with Gasteiger partial charge in [-0.05, 0) is 6.42 Å². The van der Waals surface area contributed by atoms with Crippen LogP contribution in [0.2, 0.25) is 0 Å². The molecule has 5 heteroatoms. The first-order valence-electron chi connectivity index (χ1n) is 5.05. The number of morpholine rings is 1. The zero-order chi connectivity index (χ0) is 9.97. The van der Waals surface area contributed by atoms with Crippen LogP contribution in [0.4, 0.5) is 0 Å². The molecule has 1 amide bonds. The highest BCUT2D eigenvalue weighted by Crippen LogP contribution is 2.14. The summed E-state index contributed by atoms with van der Waals surface area (Å²) in [4.78, 5) is 13.8. The van der Waals surface area contributed by atoms with Gasteiger partial charge in [-0.2, -0.15) is 12.6 Å². The molecule has 2 unspecified atom stereocenters. The Kier molecular flexibility index (Phi) is 3.30. The van der Waals surface area contributed by atoms with E-state index < -0.39 is 0 Å². The maximum atomic E-state index is 11.9. The van der Waals surface area contributed by atoms with E-state index in [1.807, 2.05) is 4.90 Å². The van der Waals surface area contributed by atoms with Crippen molar-refractivity contribution in [2.24, 2.45) is 0 Å². The van der Waals surface area contributed by atoms with Crippen molar-refractivity contribution in [2.75, 3.05) is 32.8 Å². The quantitative estimate of drug-likeness (QED) is 0.581. The molecule has 2 rings (SSSR count). The van der Waals surface area contributed by atoms with Gasteiger partial charge in [-0.25, -0.2) is 0 Å². The number of amides is 1. The van der Waals surface area contributed by atoms with Crippen LogP contribution >= 0.6 is 12.6 Å². The monoisotopic (exact) mass is 216 g/mol. The molecule has 80 valence electrons. The Morgan fingerprint density at radius 2 is 2.14 bits per heavy atom. The number of nitrogens with zero attached hydrogens (tertiary/aromatic N) is 1. The molecule has 0 aromatic carbocycles. The zero-order valence-corrected chi connectivity index (χ0v) is 9.00. The third-order valence-corrected chi connectivity index (χ3v) is 3.12. The molecular formula is C9H16N2O2S. The van der Waals surface area contributed by atoms with E-state index in [-0.39, 0.29) is 11.9 Å². The second-order valence-electron chi connectivity index (χ2n) is 3.79. The summed E-state index contributed by atoms with van der Waals surface area (Å²) in [6, 6.07) is -0.0180. The van der Waals surface area contributed by atoms with Gasteiger partial charge in [-0.15, -0.1) is 0 Å². The zero-order valence-electron chi connectivity index (χ0n) is 8.11. The Bertz CT molecular complexity index is 212. The maximum Gasteiger partial charge on any atom is 0.239 e. The molecular weight excluding hydrogens is 200 g/mol. The van der Waals surface area contributed by atoms with E-state index in [0.717, 1.165) is 26.1 Å². The third-order valence-electron chi connectivity index (χ3n) is 2.73. The van der Waals surface area contributed by atoms with Gasteiger partial charge in [-0.1, -0.05) is 0 Å². The summed E-state index contributed by atoms with van der Waals surface area (Å²) in [5, 5.41) is 3.52. The van der Waals surface area contributed by atoms with Crippen LogP contribution in [0.5, 0.6) is 0 Å². The van der Waals surface area contributed by atoms with Gasteiger partial charge in [0.15, 0.2) is 0 Å². The van der Waals surface area contributed by atoms with Crippen LogP contribution in [0.25, 0.3) is 0 Å². The Morgan fingerprint density at radius 1 is 1.43 bits per heavy atom. The van der Waals surface area contributed by atoms with Crippen LogP contribution in [0.3, 0.4) is 0 Å². The molecule has 0 aromatic rings. The van der Waals surface area contributed by atoms with E-state index in [9.17, 15) is 4.79 Å². The fourth-order valence-corrected chi connectivity index (χ4v) is 2.23. The molecule has 14 heavy (non-hydrogen) atoms. The fraction of sp³-hybridized carbons (Fsp3) is 0.889. The summed E-state index contributed by atoms with van der Waals surface area (Å²) >= 11 is 4.35. The average molecular weight is 216 g/mol. The molecule has 0 saturated carbocycles. The highest BCUT2D eigenvalue weighted by molar-refractivity contribution is 7.81. The number of rotatable bonds is 1. The number of nitrogens with one attached hydrogen (secondary N) is 1. The maximum absolute atomic E-state index is 11.9. The van der Waals surface area contributed by atoms with E-state index in [4.69, 9.17) is 4.74 Å². The molecule has 2 saturated heterocycles. The van der Waals surface area contributed by atoms with E-state index in [2.05, 4.69) is 17.9 Å². The van der Waals surface area contributed by atoms with Crippen molar-refractivity contribution >= 4 is 18.5 Å². The molecule has 2 aliphatic heterocycles. The normalized spacial score (nSPS) is 33.4. The first-order chi connectivity index (χ1) is 6.77. The van der Waals surface area contributed by atoms with Crippen molar-refractivity contribution in [3.63, 3.8) is 0 Å². The second-order valence-corrected chi connectivity index (χ2v) is 4.52. The van der Waals surface area contributed by atoms with Crippen LogP contribution in [-0.4, -0.2) is 54.9 Å². The molecule has 0 aliphatic carbocycles. The highest BCUT2D eigenvalue weighted by Gasteiger charge is 2.31. The Hall–Kier alpha value is -0.260. The van der Waals surface area contributed by atoms with Crippen molar-refractivity contribution in [1.29, 1.82) is 0 Å². The number of carbonyl (C=O) groups is 1. The molecule has 2 fully saturated rings. The highest BCUT2D eigenvalue weighted by atomic mass is 32.1. The van der Waals surface area contributed by atoms with Gasteiger partial charge in [0.05, 0.1) is 19.3 Å². The lowest BCUT2D eigenvalue weighted by atomic mass is 10.2. The fourth-order valence-electron chi connectivity index (χ4n) is 1.91. The minimum Gasteiger partial charge on any atom is -0.378 e. The third kappa shape index (κ3) is 2.21. The average Bonchev–Trinajstić information content (AvgIpc) is 2.65. The SMILES string of the molecule is O=C(C1CC(S)CN1)N1CCOCC1. The van der Waals surface area contributed by atoms with Crippen LogP contribution in [-0.2, 0) is 9.53 Å². The molecule has 2 atom stereocenters. The second kappa shape index (κ2) is 4.51. The number of thiol groups is 1. The molecule has 2 heterocycles. The summed E-state index contributed by atoms with van der Waals surface area (Å²) in [5.41, 5.74) is 0. The van der Waals surface area contributed by atoms with Gasteiger partial charge in [0, 0.05) is 24.9 Å². The first kappa shape index (κ1) is 10.3. The van der Waals surface area contributed by atoms with Crippen molar-refractivity contribution < 1.29 is 9.53 Å². The van der Waals surface area contributed by atoms with Crippen molar-refractivity contribution in [1.82, 2.24) is 10.2 Å².